The van der Waals surface area contributed by atoms with Crippen LogP contribution in [0.4, 0.5) is 4.79 Å². The summed E-state index contributed by atoms with van der Waals surface area (Å²) in [5, 5.41) is -0.274. The van der Waals surface area contributed by atoms with Gasteiger partial charge < -0.3 is 9.47 Å². The van der Waals surface area contributed by atoms with Crippen LogP contribution in [0.15, 0.2) is 47.4 Å². The highest BCUT2D eigenvalue weighted by Gasteiger charge is 2.34. The zero-order chi connectivity index (χ0) is 19.4. The fraction of sp³-hybridized carbons (Fsp3) is 0.238. The minimum atomic E-state index is -0.286. The molecule has 0 saturated carbocycles. The molecule has 5 nitrogen and oxygen atoms in total. The number of thioether (sulfide) groups is 1. The van der Waals surface area contributed by atoms with Crippen molar-refractivity contribution in [3.8, 4) is 11.5 Å². The van der Waals surface area contributed by atoms with E-state index in [2.05, 4.69) is 0 Å². The number of rotatable bonds is 6. The monoisotopic (exact) mass is 383 g/mol. The van der Waals surface area contributed by atoms with Crippen molar-refractivity contribution in [3.63, 3.8) is 0 Å². The average Bonchev–Trinajstić information content (AvgIpc) is 2.91. The first-order chi connectivity index (χ1) is 13.0. The fourth-order valence-electron chi connectivity index (χ4n) is 2.72. The highest BCUT2D eigenvalue weighted by atomic mass is 32.2. The number of ether oxygens (including phenoxy) is 2. The summed E-state index contributed by atoms with van der Waals surface area (Å²) >= 11 is 0.952. The minimum Gasteiger partial charge on any atom is -0.496 e. The summed E-state index contributed by atoms with van der Waals surface area (Å²) in [6.07, 6.45) is 1.73. The second-order valence-electron chi connectivity index (χ2n) is 6.22. The number of carbonyl (C=O) groups is 2. The smallest absolute Gasteiger partial charge is 0.293 e. The lowest BCUT2D eigenvalue weighted by atomic mass is 10.1. The maximum atomic E-state index is 12.6. The molecule has 0 spiro atoms. The van der Waals surface area contributed by atoms with Crippen LogP contribution in [0.5, 0.6) is 11.5 Å². The Bertz CT molecular complexity index is 890. The van der Waals surface area contributed by atoms with Gasteiger partial charge in [-0.1, -0.05) is 23.8 Å². The van der Waals surface area contributed by atoms with Gasteiger partial charge in [-0.2, -0.15) is 0 Å². The summed E-state index contributed by atoms with van der Waals surface area (Å²) in [5.74, 6) is 1.22. The highest BCUT2D eigenvalue weighted by molar-refractivity contribution is 8.18. The Morgan fingerprint density at radius 2 is 1.81 bits per heavy atom. The zero-order valence-corrected chi connectivity index (χ0v) is 16.3. The van der Waals surface area contributed by atoms with Gasteiger partial charge in [-0.25, -0.2) is 0 Å². The first-order valence-electron chi connectivity index (χ1n) is 8.57. The van der Waals surface area contributed by atoms with Crippen molar-refractivity contribution in [2.75, 3.05) is 20.3 Å². The molecule has 0 bridgehead atoms. The number of aryl methyl sites for hydroxylation is 2. The lowest BCUT2D eigenvalue weighted by Gasteiger charge is -2.13. The lowest BCUT2D eigenvalue weighted by molar-refractivity contribution is -0.123. The van der Waals surface area contributed by atoms with Crippen LogP contribution < -0.4 is 9.47 Å². The molecule has 0 aromatic heterocycles. The summed E-state index contributed by atoms with van der Waals surface area (Å²) in [4.78, 5) is 26.4. The fourth-order valence-corrected chi connectivity index (χ4v) is 3.59. The minimum absolute atomic E-state index is 0.220. The largest absolute Gasteiger partial charge is 0.496 e. The summed E-state index contributed by atoms with van der Waals surface area (Å²) in [7, 11) is 1.62. The second-order valence-corrected chi connectivity index (χ2v) is 7.22. The summed E-state index contributed by atoms with van der Waals surface area (Å²) in [5.41, 5.74) is 2.97. The van der Waals surface area contributed by atoms with Gasteiger partial charge >= 0.3 is 0 Å². The number of carbonyl (C=O) groups excluding carboxylic acids is 2. The molecule has 0 N–H and O–H groups in total. The predicted molar refractivity (Wildman–Crippen MR) is 107 cm³/mol. The Kier molecular flexibility index (Phi) is 5.86. The van der Waals surface area contributed by atoms with Crippen LogP contribution in [0.2, 0.25) is 0 Å². The van der Waals surface area contributed by atoms with Crippen LogP contribution >= 0.6 is 11.8 Å². The van der Waals surface area contributed by atoms with Crippen molar-refractivity contribution >= 4 is 29.0 Å². The molecule has 2 amide bonds. The second kappa shape index (κ2) is 8.31. The van der Waals surface area contributed by atoms with E-state index >= 15 is 0 Å². The third-order valence-corrected chi connectivity index (χ3v) is 5.10. The lowest BCUT2D eigenvalue weighted by Crippen LogP contribution is -2.32. The first kappa shape index (κ1) is 19.0. The molecular weight excluding hydrogens is 362 g/mol. The molecule has 27 heavy (non-hydrogen) atoms. The Balaban J connectivity index is 1.64. The van der Waals surface area contributed by atoms with Gasteiger partial charge in [0, 0.05) is 0 Å². The van der Waals surface area contributed by atoms with Gasteiger partial charge in [0.05, 0.1) is 18.6 Å². The molecular formula is C21H21NO4S. The van der Waals surface area contributed by atoms with E-state index in [0.29, 0.717) is 4.91 Å². The quantitative estimate of drug-likeness (QED) is 0.691. The van der Waals surface area contributed by atoms with E-state index in [9.17, 15) is 9.59 Å². The number of benzene rings is 2. The van der Waals surface area contributed by atoms with E-state index in [1.165, 1.54) is 4.90 Å². The van der Waals surface area contributed by atoms with E-state index in [-0.39, 0.29) is 24.3 Å². The number of hydrogen-bond donors (Lipinski definition) is 0. The Hall–Kier alpha value is -2.73. The molecule has 0 atom stereocenters. The molecule has 1 fully saturated rings. The topological polar surface area (TPSA) is 55.8 Å². The van der Waals surface area contributed by atoms with Gasteiger partial charge in [0.25, 0.3) is 11.1 Å². The molecule has 2 aromatic carbocycles. The summed E-state index contributed by atoms with van der Waals surface area (Å²) in [6.45, 7) is 4.42. The molecule has 0 radical (unpaired) electrons. The van der Waals surface area contributed by atoms with Gasteiger partial charge in [0.1, 0.15) is 18.1 Å². The van der Waals surface area contributed by atoms with Gasteiger partial charge in [0.2, 0.25) is 0 Å². The Morgan fingerprint density at radius 1 is 1.07 bits per heavy atom. The number of imide groups is 1. The molecule has 1 aliphatic rings. The highest BCUT2D eigenvalue weighted by Crippen LogP contribution is 2.32. The van der Waals surface area contributed by atoms with Crippen molar-refractivity contribution in [1.82, 2.24) is 4.90 Å². The molecule has 1 aliphatic heterocycles. The van der Waals surface area contributed by atoms with Crippen LogP contribution in [0.1, 0.15) is 16.7 Å². The Labute approximate surface area is 163 Å². The van der Waals surface area contributed by atoms with Gasteiger partial charge in [-0.05, 0) is 67.1 Å². The van der Waals surface area contributed by atoms with E-state index in [0.717, 1.165) is 40.0 Å². The van der Waals surface area contributed by atoms with Crippen LogP contribution in [0.3, 0.4) is 0 Å². The molecule has 1 heterocycles. The van der Waals surface area contributed by atoms with Crippen LogP contribution in [-0.2, 0) is 4.79 Å². The van der Waals surface area contributed by atoms with Crippen molar-refractivity contribution in [1.29, 1.82) is 0 Å². The molecule has 2 aromatic rings. The van der Waals surface area contributed by atoms with E-state index < -0.39 is 0 Å². The number of nitrogens with zero attached hydrogens (tertiary/aromatic N) is 1. The number of methoxy groups -OCH3 is 1. The van der Waals surface area contributed by atoms with Gasteiger partial charge in [0.15, 0.2) is 0 Å². The van der Waals surface area contributed by atoms with Crippen molar-refractivity contribution in [2.24, 2.45) is 0 Å². The van der Waals surface area contributed by atoms with Crippen molar-refractivity contribution in [3.05, 3.63) is 64.1 Å². The molecule has 3 rings (SSSR count). The van der Waals surface area contributed by atoms with E-state index in [1.807, 2.05) is 56.3 Å². The maximum Gasteiger partial charge on any atom is 0.293 e. The van der Waals surface area contributed by atoms with Crippen LogP contribution in [0.25, 0.3) is 6.08 Å². The van der Waals surface area contributed by atoms with E-state index in [1.54, 1.807) is 13.2 Å². The number of hydrogen-bond acceptors (Lipinski definition) is 5. The molecule has 0 unspecified atom stereocenters. The maximum absolute atomic E-state index is 12.6. The molecule has 1 saturated heterocycles. The third kappa shape index (κ3) is 4.52. The average molecular weight is 383 g/mol. The number of amides is 2. The third-order valence-electron chi connectivity index (χ3n) is 4.19. The standard InChI is InChI=1S/C21H21NO4S/c1-14-4-7-17(8-5-14)26-11-10-22-20(23)19(27-21(22)24)13-16-6-9-18(25-3)15(2)12-16/h4-9,12-13H,10-11H2,1-3H3/b19-13-. The van der Waals surface area contributed by atoms with Gasteiger partial charge in [-0.15, -0.1) is 0 Å². The molecule has 6 heteroatoms. The first-order valence-corrected chi connectivity index (χ1v) is 9.39. The summed E-state index contributed by atoms with van der Waals surface area (Å²) in [6, 6.07) is 13.3. The van der Waals surface area contributed by atoms with E-state index in [4.69, 9.17) is 9.47 Å². The SMILES string of the molecule is COc1ccc(/C=C2\SC(=O)N(CCOc3ccc(C)cc3)C2=O)cc1C. The normalized spacial score (nSPS) is 15.5. The van der Waals surface area contributed by atoms with Gasteiger partial charge in [-0.3, -0.25) is 14.5 Å². The molecule has 0 aliphatic carbocycles. The Morgan fingerprint density at radius 3 is 2.48 bits per heavy atom. The van der Waals surface area contributed by atoms with Crippen LogP contribution in [-0.4, -0.2) is 36.3 Å². The summed E-state index contributed by atoms with van der Waals surface area (Å²) < 4.78 is 10.9. The van der Waals surface area contributed by atoms with Crippen LogP contribution in [0, 0.1) is 13.8 Å². The zero-order valence-electron chi connectivity index (χ0n) is 15.5. The van der Waals surface area contributed by atoms with Crippen molar-refractivity contribution in [2.45, 2.75) is 13.8 Å². The molecule has 140 valence electrons. The van der Waals surface area contributed by atoms with Crippen molar-refractivity contribution < 1.29 is 19.1 Å². The predicted octanol–water partition coefficient (Wildman–Crippen LogP) is 4.43.